The number of nitrogens with zero attached hydrogens (tertiary/aromatic N) is 1. The van der Waals surface area contributed by atoms with Crippen LogP contribution in [0.2, 0.25) is 0 Å². The molecule has 0 radical (unpaired) electrons. The third-order valence-electron chi connectivity index (χ3n) is 4.70. The Morgan fingerprint density at radius 3 is 2.55 bits per heavy atom. The molecule has 1 aliphatic rings. The predicted molar refractivity (Wildman–Crippen MR) is 87.2 cm³/mol. The second-order valence-electron chi connectivity index (χ2n) is 6.13. The van der Waals surface area contributed by atoms with Crippen molar-refractivity contribution in [3.05, 3.63) is 35.9 Å². The molecule has 2 rings (SSSR count). The Labute approximate surface area is 124 Å². The van der Waals surface area contributed by atoms with Crippen LogP contribution in [-0.4, -0.2) is 37.1 Å². The van der Waals surface area contributed by atoms with Crippen molar-refractivity contribution in [2.75, 3.05) is 20.1 Å². The molecule has 1 aromatic rings. The van der Waals surface area contributed by atoms with Crippen LogP contribution in [0.25, 0.3) is 0 Å². The van der Waals surface area contributed by atoms with Crippen molar-refractivity contribution in [3.8, 4) is 0 Å². The SMILES string of the molecule is CCCN(C)C1CC(c2ccccc2)CCC1NCC. The van der Waals surface area contributed by atoms with Gasteiger partial charge in [-0.2, -0.15) is 0 Å². The maximum Gasteiger partial charge on any atom is 0.0252 e. The van der Waals surface area contributed by atoms with E-state index in [-0.39, 0.29) is 0 Å². The van der Waals surface area contributed by atoms with Crippen LogP contribution in [0.5, 0.6) is 0 Å². The van der Waals surface area contributed by atoms with Gasteiger partial charge in [-0.25, -0.2) is 0 Å². The van der Waals surface area contributed by atoms with Crippen molar-refractivity contribution in [3.63, 3.8) is 0 Å². The highest BCUT2D eigenvalue weighted by Crippen LogP contribution is 2.34. The molecule has 0 spiro atoms. The third kappa shape index (κ3) is 3.83. The Kier molecular flexibility index (Phi) is 6.06. The monoisotopic (exact) mass is 274 g/mol. The molecule has 3 unspecified atom stereocenters. The lowest BCUT2D eigenvalue weighted by Gasteiger charge is -2.42. The smallest absolute Gasteiger partial charge is 0.0252 e. The number of nitrogens with one attached hydrogen (secondary N) is 1. The Bertz CT molecular complexity index is 376. The summed E-state index contributed by atoms with van der Waals surface area (Å²) in [6.07, 6.45) is 5.14. The van der Waals surface area contributed by atoms with E-state index in [1.807, 2.05) is 0 Å². The molecule has 1 aromatic carbocycles. The highest BCUT2D eigenvalue weighted by molar-refractivity contribution is 5.21. The van der Waals surface area contributed by atoms with Crippen molar-refractivity contribution in [2.24, 2.45) is 0 Å². The van der Waals surface area contributed by atoms with E-state index in [1.165, 1.54) is 37.8 Å². The first kappa shape index (κ1) is 15.5. The summed E-state index contributed by atoms with van der Waals surface area (Å²) in [6.45, 7) is 6.78. The van der Waals surface area contributed by atoms with Gasteiger partial charge in [-0.05, 0) is 57.3 Å². The lowest BCUT2D eigenvalue weighted by atomic mass is 9.78. The highest BCUT2D eigenvalue weighted by atomic mass is 15.2. The van der Waals surface area contributed by atoms with Gasteiger partial charge in [0.05, 0.1) is 0 Å². The van der Waals surface area contributed by atoms with E-state index >= 15 is 0 Å². The first-order chi connectivity index (χ1) is 9.76. The second-order valence-corrected chi connectivity index (χ2v) is 6.13. The maximum atomic E-state index is 3.70. The van der Waals surface area contributed by atoms with Gasteiger partial charge in [-0.3, -0.25) is 0 Å². The lowest BCUT2D eigenvalue weighted by molar-refractivity contribution is 0.139. The van der Waals surface area contributed by atoms with Gasteiger partial charge < -0.3 is 10.2 Å². The van der Waals surface area contributed by atoms with Gasteiger partial charge in [0, 0.05) is 12.1 Å². The van der Waals surface area contributed by atoms with Crippen molar-refractivity contribution < 1.29 is 0 Å². The molecule has 0 aliphatic heterocycles. The summed E-state index contributed by atoms with van der Waals surface area (Å²) < 4.78 is 0. The number of rotatable bonds is 6. The second kappa shape index (κ2) is 7.80. The minimum atomic E-state index is 0.663. The van der Waals surface area contributed by atoms with Gasteiger partial charge in [0.15, 0.2) is 0 Å². The Hall–Kier alpha value is -0.860. The molecule has 0 aromatic heterocycles. The van der Waals surface area contributed by atoms with Crippen LogP contribution in [0.4, 0.5) is 0 Å². The van der Waals surface area contributed by atoms with Crippen LogP contribution in [0.3, 0.4) is 0 Å². The van der Waals surface area contributed by atoms with Gasteiger partial charge >= 0.3 is 0 Å². The van der Waals surface area contributed by atoms with Crippen molar-refractivity contribution >= 4 is 0 Å². The normalized spacial score (nSPS) is 26.9. The first-order valence-corrected chi connectivity index (χ1v) is 8.24. The Morgan fingerprint density at radius 1 is 1.15 bits per heavy atom. The molecule has 0 bridgehead atoms. The largest absolute Gasteiger partial charge is 0.313 e. The quantitative estimate of drug-likeness (QED) is 0.852. The Morgan fingerprint density at radius 2 is 1.90 bits per heavy atom. The van der Waals surface area contributed by atoms with Gasteiger partial charge in [-0.1, -0.05) is 44.2 Å². The van der Waals surface area contributed by atoms with Crippen LogP contribution < -0.4 is 5.32 Å². The summed E-state index contributed by atoms with van der Waals surface area (Å²) in [5.74, 6) is 0.732. The minimum Gasteiger partial charge on any atom is -0.313 e. The molecule has 112 valence electrons. The lowest BCUT2D eigenvalue weighted by Crippen LogP contribution is -2.51. The van der Waals surface area contributed by atoms with Crippen LogP contribution in [0.1, 0.15) is 51.0 Å². The highest BCUT2D eigenvalue weighted by Gasteiger charge is 2.32. The fraction of sp³-hybridized carbons (Fsp3) is 0.667. The van der Waals surface area contributed by atoms with Crippen LogP contribution in [0, 0.1) is 0 Å². The molecule has 20 heavy (non-hydrogen) atoms. The van der Waals surface area contributed by atoms with Crippen LogP contribution in [0.15, 0.2) is 30.3 Å². The number of hydrogen-bond acceptors (Lipinski definition) is 2. The van der Waals surface area contributed by atoms with Crippen LogP contribution >= 0.6 is 0 Å². The predicted octanol–water partition coefficient (Wildman–Crippen LogP) is 3.64. The van der Waals surface area contributed by atoms with E-state index in [2.05, 4.69) is 61.4 Å². The molecular weight excluding hydrogens is 244 g/mol. The average molecular weight is 274 g/mol. The molecule has 0 saturated heterocycles. The number of benzene rings is 1. The molecule has 0 amide bonds. The summed E-state index contributed by atoms with van der Waals surface area (Å²) in [4.78, 5) is 2.57. The summed E-state index contributed by atoms with van der Waals surface area (Å²) >= 11 is 0. The maximum absolute atomic E-state index is 3.70. The fourth-order valence-corrected chi connectivity index (χ4v) is 3.68. The number of hydrogen-bond donors (Lipinski definition) is 1. The standard InChI is InChI=1S/C18H30N2/c1-4-13-20(3)18-14-16(11-12-17(18)19-5-2)15-9-7-6-8-10-15/h6-10,16-19H,4-5,11-14H2,1-3H3. The fourth-order valence-electron chi connectivity index (χ4n) is 3.68. The Balaban J connectivity index is 2.07. The number of likely N-dealkylation sites (N-methyl/N-ethyl adjacent to an activating group) is 2. The molecule has 1 saturated carbocycles. The van der Waals surface area contributed by atoms with Gasteiger partial charge in [-0.15, -0.1) is 0 Å². The summed E-state index contributed by atoms with van der Waals surface area (Å²) in [7, 11) is 2.30. The molecule has 1 aliphatic carbocycles. The average Bonchev–Trinajstić information content (AvgIpc) is 2.49. The van der Waals surface area contributed by atoms with E-state index < -0.39 is 0 Å². The summed E-state index contributed by atoms with van der Waals surface area (Å²) in [6, 6.07) is 12.4. The molecule has 2 nitrogen and oxygen atoms in total. The van der Waals surface area contributed by atoms with Gasteiger partial charge in [0.2, 0.25) is 0 Å². The zero-order chi connectivity index (χ0) is 14.4. The van der Waals surface area contributed by atoms with E-state index in [0.29, 0.717) is 12.1 Å². The van der Waals surface area contributed by atoms with Crippen molar-refractivity contribution in [2.45, 2.75) is 57.5 Å². The third-order valence-corrected chi connectivity index (χ3v) is 4.70. The van der Waals surface area contributed by atoms with E-state index in [1.54, 1.807) is 0 Å². The zero-order valence-electron chi connectivity index (χ0n) is 13.3. The van der Waals surface area contributed by atoms with Gasteiger partial charge in [0.25, 0.3) is 0 Å². The molecule has 1 N–H and O–H groups in total. The zero-order valence-corrected chi connectivity index (χ0v) is 13.3. The minimum absolute atomic E-state index is 0.663. The van der Waals surface area contributed by atoms with E-state index in [4.69, 9.17) is 0 Å². The van der Waals surface area contributed by atoms with Crippen molar-refractivity contribution in [1.82, 2.24) is 10.2 Å². The molecule has 0 heterocycles. The molecular formula is C18H30N2. The summed E-state index contributed by atoms with van der Waals surface area (Å²) in [5, 5.41) is 3.70. The first-order valence-electron chi connectivity index (χ1n) is 8.24. The van der Waals surface area contributed by atoms with Crippen LogP contribution in [-0.2, 0) is 0 Å². The molecule has 3 atom stereocenters. The van der Waals surface area contributed by atoms with E-state index in [0.717, 1.165) is 12.5 Å². The van der Waals surface area contributed by atoms with Crippen molar-refractivity contribution in [1.29, 1.82) is 0 Å². The summed E-state index contributed by atoms with van der Waals surface area (Å²) in [5.41, 5.74) is 1.53. The van der Waals surface area contributed by atoms with E-state index in [9.17, 15) is 0 Å². The molecule has 1 fully saturated rings. The van der Waals surface area contributed by atoms with Gasteiger partial charge in [0.1, 0.15) is 0 Å². The molecule has 2 heteroatoms. The topological polar surface area (TPSA) is 15.3 Å².